The summed E-state index contributed by atoms with van der Waals surface area (Å²) in [6.07, 6.45) is 3.81. The van der Waals surface area contributed by atoms with E-state index in [9.17, 15) is 4.79 Å². The molecule has 1 aliphatic heterocycles. The summed E-state index contributed by atoms with van der Waals surface area (Å²) in [5.74, 6) is 0.135. The fourth-order valence-electron chi connectivity index (χ4n) is 3.01. The highest BCUT2D eigenvalue weighted by atomic mass is 16.3. The predicted molar refractivity (Wildman–Crippen MR) is 85.5 cm³/mol. The largest absolute Gasteiger partial charge is 0.396 e. The highest BCUT2D eigenvalue weighted by Crippen LogP contribution is 2.26. The van der Waals surface area contributed by atoms with Gasteiger partial charge in [-0.3, -0.25) is 4.79 Å². The number of aliphatic hydroxyl groups excluding tert-OH is 1. The summed E-state index contributed by atoms with van der Waals surface area (Å²) in [4.78, 5) is 14.6. The van der Waals surface area contributed by atoms with E-state index in [2.05, 4.69) is 32.9 Å². The second kappa shape index (κ2) is 6.61. The van der Waals surface area contributed by atoms with Crippen LogP contribution in [-0.4, -0.2) is 35.1 Å². The van der Waals surface area contributed by atoms with Crippen LogP contribution in [0.1, 0.15) is 62.4 Å². The minimum atomic E-state index is 0.110. The molecule has 1 unspecified atom stereocenters. The molecular weight excluding hydrogens is 262 g/mol. The molecule has 0 saturated carbocycles. The first-order chi connectivity index (χ1) is 9.93. The molecule has 21 heavy (non-hydrogen) atoms. The normalized spacial score (nSPS) is 19.0. The van der Waals surface area contributed by atoms with E-state index in [1.807, 2.05) is 17.0 Å². The highest BCUT2D eigenvalue weighted by molar-refractivity contribution is 5.94. The van der Waals surface area contributed by atoms with Gasteiger partial charge in [-0.15, -0.1) is 0 Å². The van der Waals surface area contributed by atoms with Crippen LogP contribution in [0.3, 0.4) is 0 Å². The zero-order valence-electron chi connectivity index (χ0n) is 13.4. The lowest BCUT2D eigenvalue weighted by atomic mass is 9.86. The average molecular weight is 289 g/mol. The first-order valence-electron chi connectivity index (χ1n) is 7.96. The number of carbonyl (C=O) groups is 1. The van der Waals surface area contributed by atoms with Crippen molar-refractivity contribution >= 4 is 5.91 Å². The summed E-state index contributed by atoms with van der Waals surface area (Å²) in [6, 6.07) is 8.32. The Labute approximate surface area is 128 Å². The lowest BCUT2D eigenvalue weighted by molar-refractivity contribution is 0.0724. The fourth-order valence-corrected chi connectivity index (χ4v) is 3.01. The first kappa shape index (κ1) is 16.0. The molecule has 1 N–H and O–H groups in total. The predicted octanol–water partition coefficient (Wildman–Crippen LogP) is 3.36. The van der Waals surface area contributed by atoms with Crippen LogP contribution in [0.5, 0.6) is 0 Å². The first-order valence-corrected chi connectivity index (χ1v) is 7.96. The molecule has 0 radical (unpaired) electrons. The van der Waals surface area contributed by atoms with E-state index in [-0.39, 0.29) is 17.9 Å². The van der Waals surface area contributed by atoms with Gasteiger partial charge in [-0.25, -0.2) is 0 Å². The molecule has 0 aromatic heterocycles. The molecule has 3 nitrogen and oxygen atoms in total. The Morgan fingerprint density at radius 1 is 1.29 bits per heavy atom. The van der Waals surface area contributed by atoms with Crippen molar-refractivity contribution in [3.05, 3.63) is 35.4 Å². The van der Waals surface area contributed by atoms with Crippen molar-refractivity contribution in [1.29, 1.82) is 0 Å². The van der Waals surface area contributed by atoms with Crippen LogP contribution in [0.4, 0.5) is 0 Å². The van der Waals surface area contributed by atoms with Gasteiger partial charge in [0.05, 0.1) is 0 Å². The van der Waals surface area contributed by atoms with Crippen molar-refractivity contribution in [1.82, 2.24) is 4.90 Å². The van der Waals surface area contributed by atoms with Crippen LogP contribution < -0.4 is 0 Å². The number of rotatable bonds is 4. The third-order valence-corrected chi connectivity index (χ3v) is 4.33. The topological polar surface area (TPSA) is 40.5 Å². The minimum Gasteiger partial charge on any atom is -0.396 e. The summed E-state index contributed by atoms with van der Waals surface area (Å²) < 4.78 is 0. The van der Waals surface area contributed by atoms with Crippen LogP contribution in [-0.2, 0) is 5.41 Å². The zero-order valence-corrected chi connectivity index (χ0v) is 13.4. The van der Waals surface area contributed by atoms with E-state index in [1.165, 1.54) is 5.56 Å². The van der Waals surface area contributed by atoms with Crippen molar-refractivity contribution in [2.45, 2.75) is 57.9 Å². The second-order valence-electron chi connectivity index (χ2n) is 6.99. The van der Waals surface area contributed by atoms with Gasteiger partial charge in [0.25, 0.3) is 5.91 Å². The Balaban J connectivity index is 2.08. The number of carbonyl (C=O) groups excluding carboxylic acids is 1. The molecule has 1 aliphatic rings. The molecule has 1 fully saturated rings. The Morgan fingerprint density at radius 3 is 2.52 bits per heavy atom. The summed E-state index contributed by atoms with van der Waals surface area (Å²) in [7, 11) is 0. The zero-order chi connectivity index (χ0) is 15.5. The van der Waals surface area contributed by atoms with Crippen LogP contribution >= 0.6 is 0 Å². The van der Waals surface area contributed by atoms with E-state index in [1.54, 1.807) is 0 Å². The number of likely N-dealkylation sites (tertiary alicyclic amines) is 1. The average Bonchev–Trinajstić information content (AvgIpc) is 2.92. The summed E-state index contributed by atoms with van der Waals surface area (Å²) in [5, 5.41) is 8.97. The summed E-state index contributed by atoms with van der Waals surface area (Å²) in [6.45, 7) is 7.58. The molecule has 2 rings (SSSR count). The van der Waals surface area contributed by atoms with E-state index >= 15 is 0 Å². The van der Waals surface area contributed by atoms with Crippen LogP contribution in [0.25, 0.3) is 0 Å². The Morgan fingerprint density at radius 2 is 1.95 bits per heavy atom. The van der Waals surface area contributed by atoms with Gasteiger partial charge in [-0.2, -0.15) is 0 Å². The van der Waals surface area contributed by atoms with E-state index in [0.29, 0.717) is 6.04 Å². The van der Waals surface area contributed by atoms with E-state index in [0.717, 1.165) is 37.8 Å². The monoisotopic (exact) mass is 289 g/mol. The second-order valence-corrected chi connectivity index (χ2v) is 6.99. The van der Waals surface area contributed by atoms with Crippen molar-refractivity contribution < 1.29 is 9.90 Å². The quantitative estimate of drug-likeness (QED) is 0.923. The Bertz CT molecular complexity index is 473. The molecule has 0 bridgehead atoms. The lowest BCUT2D eigenvalue weighted by Gasteiger charge is -2.25. The SMILES string of the molecule is CC(C)(C)c1ccc(C(=O)N2CCCC2CCCO)cc1. The van der Waals surface area contributed by atoms with Gasteiger partial charge >= 0.3 is 0 Å². The van der Waals surface area contributed by atoms with Gasteiger partial charge in [-0.05, 0) is 48.8 Å². The summed E-state index contributed by atoms with van der Waals surface area (Å²) >= 11 is 0. The van der Waals surface area contributed by atoms with Crippen molar-refractivity contribution in [2.24, 2.45) is 0 Å². The van der Waals surface area contributed by atoms with Gasteiger partial charge in [0.15, 0.2) is 0 Å². The maximum atomic E-state index is 12.6. The Hall–Kier alpha value is -1.35. The molecule has 1 aromatic carbocycles. The van der Waals surface area contributed by atoms with Crippen molar-refractivity contribution in [2.75, 3.05) is 13.2 Å². The number of hydrogen-bond acceptors (Lipinski definition) is 2. The molecule has 1 heterocycles. The smallest absolute Gasteiger partial charge is 0.254 e. The summed E-state index contributed by atoms with van der Waals surface area (Å²) in [5.41, 5.74) is 2.13. The number of hydrogen-bond donors (Lipinski definition) is 1. The molecule has 1 amide bonds. The molecular formula is C18H27NO2. The number of aliphatic hydroxyl groups is 1. The lowest BCUT2D eigenvalue weighted by Crippen LogP contribution is -2.35. The van der Waals surface area contributed by atoms with Gasteiger partial charge in [-0.1, -0.05) is 32.9 Å². The molecule has 0 aliphatic carbocycles. The highest BCUT2D eigenvalue weighted by Gasteiger charge is 2.29. The molecule has 3 heteroatoms. The standard InChI is InChI=1S/C18H27NO2/c1-18(2,3)15-10-8-14(9-11-15)17(21)19-12-4-6-16(19)7-5-13-20/h8-11,16,20H,4-7,12-13H2,1-3H3. The molecule has 1 atom stereocenters. The number of amides is 1. The van der Waals surface area contributed by atoms with Gasteiger partial charge < -0.3 is 10.0 Å². The van der Waals surface area contributed by atoms with Crippen molar-refractivity contribution in [3.63, 3.8) is 0 Å². The maximum absolute atomic E-state index is 12.6. The third kappa shape index (κ3) is 3.85. The van der Waals surface area contributed by atoms with E-state index in [4.69, 9.17) is 5.11 Å². The maximum Gasteiger partial charge on any atom is 0.254 e. The van der Waals surface area contributed by atoms with Crippen molar-refractivity contribution in [3.8, 4) is 0 Å². The number of nitrogens with zero attached hydrogens (tertiary/aromatic N) is 1. The number of benzene rings is 1. The van der Waals surface area contributed by atoms with Gasteiger partial charge in [0, 0.05) is 24.8 Å². The molecule has 1 aromatic rings. The molecule has 116 valence electrons. The van der Waals surface area contributed by atoms with Crippen LogP contribution in [0, 0.1) is 0 Å². The fraction of sp³-hybridized carbons (Fsp3) is 0.611. The Kier molecular flexibility index (Phi) is 5.04. The molecule has 1 saturated heterocycles. The van der Waals surface area contributed by atoms with Gasteiger partial charge in [0.2, 0.25) is 0 Å². The van der Waals surface area contributed by atoms with Crippen LogP contribution in [0.15, 0.2) is 24.3 Å². The van der Waals surface area contributed by atoms with E-state index < -0.39 is 0 Å². The minimum absolute atomic E-state index is 0.110. The van der Waals surface area contributed by atoms with Crippen LogP contribution in [0.2, 0.25) is 0 Å². The van der Waals surface area contributed by atoms with Gasteiger partial charge in [0.1, 0.15) is 0 Å². The third-order valence-electron chi connectivity index (χ3n) is 4.33. The molecule has 0 spiro atoms.